The van der Waals surface area contributed by atoms with Crippen LogP contribution in [0.4, 0.5) is 8.78 Å². The van der Waals surface area contributed by atoms with Crippen LogP contribution >= 0.6 is 0 Å². The number of likely N-dealkylation sites (tertiary alicyclic amines) is 1. The molecule has 2 fully saturated rings. The zero-order chi connectivity index (χ0) is 12.8. The Bertz CT molecular complexity index is 433. The summed E-state index contributed by atoms with van der Waals surface area (Å²) in [4.78, 5) is 2.27. The Morgan fingerprint density at radius 2 is 1.94 bits per heavy atom. The van der Waals surface area contributed by atoms with Gasteiger partial charge in [0.15, 0.2) is 0 Å². The van der Waals surface area contributed by atoms with Gasteiger partial charge in [-0.2, -0.15) is 5.10 Å². The zero-order valence-corrected chi connectivity index (χ0v) is 10.7. The molecule has 1 aliphatic carbocycles. The Morgan fingerprint density at radius 1 is 1.28 bits per heavy atom. The Balaban J connectivity index is 1.46. The van der Waals surface area contributed by atoms with Crippen molar-refractivity contribution < 1.29 is 8.78 Å². The molecule has 2 heterocycles. The molecule has 0 atom stereocenters. The highest BCUT2D eigenvalue weighted by molar-refractivity contribution is 5.11. The molecular weight excluding hydrogens is 236 g/mol. The van der Waals surface area contributed by atoms with Crippen molar-refractivity contribution in [2.45, 2.75) is 38.7 Å². The number of aryl methyl sites for hydroxylation is 1. The molecule has 1 saturated heterocycles. The van der Waals surface area contributed by atoms with Crippen molar-refractivity contribution in [2.24, 2.45) is 5.41 Å². The molecule has 1 saturated carbocycles. The monoisotopic (exact) mass is 255 g/mol. The first-order chi connectivity index (χ1) is 8.51. The molecule has 18 heavy (non-hydrogen) atoms. The number of rotatable bonds is 3. The minimum absolute atomic E-state index is 0.117. The molecule has 0 unspecified atom stereocenters. The molecule has 1 aromatic rings. The van der Waals surface area contributed by atoms with E-state index in [-0.39, 0.29) is 6.42 Å². The second-order valence-corrected chi connectivity index (χ2v) is 5.78. The third-order valence-corrected chi connectivity index (χ3v) is 4.43. The van der Waals surface area contributed by atoms with Crippen molar-refractivity contribution in [3.63, 3.8) is 0 Å². The van der Waals surface area contributed by atoms with Gasteiger partial charge in [-0.3, -0.25) is 4.68 Å². The van der Waals surface area contributed by atoms with E-state index in [1.807, 2.05) is 24.0 Å². The van der Waals surface area contributed by atoms with Crippen molar-refractivity contribution >= 4 is 0 Å². The molecule has 0 amide bonds. The standard InChI is InChI=1S/C13H19F2N3/c1-11-8-16-18(9-11)7-6-17-4-2-12(3-5-17)10-13(12,14)15/h8-9H,2-7,10H2,1H3. The van der Waals surface area contributed by atoms with E-state index in [9.17, 15) is 8.78 Å². The smallest absolute Gasteiger partial charge is 0.254 e. The summed E-state index contributed by atoms with van der Waals surface area (Å²) in [5.74, 6) is -2.38. The van der Waals surface area contributed by atoms with Gasteiger partial charge in [-0.25, -0.2) is 8.78 Å². The fraction of sp³-hybridized carbons (Fsp3) is 0.769. The van der Waals surface area contributed by atoms with Crippen LogP contribution < -0.4 is 0 Å². The number of piperidine rings is 1. The van der Waals surface area contributed by atoms with E-state index < -0.39 is 11.3 Å². The molecule has 1 spiro atoms. The maximum Gasteiger partial charge on any atom is 0.254 e. The summed E-state index contributed by atoms with van der Waals surface area (Å²) < 4.78 is 28.4. The highest BCUT2D eigenvalue weighted by Gasteiger charge is 2.70. The minimum atomic E-state index is -2.38. The van der Waals surface area contributed by atoms with Gasteiger partial charge < -0.3 is 4.90 Å². The summed E-state index contributed by atoms with van der Waals surface area (Å²) in [5.41, 5.74) is 0.524. The third kappa shape index (κ3) is 2.05. The van der Waals surface area contributed by atoms with Crippen molar-refractivity contribution in [1.29, 1.82) is 0 Å². The third-order valence-electron chi connectivity index (χ3n) is 4.43. The van der Waals surface area contributed by atoms with Gasteiger partial charge in [0.1, 0.15) is 0 Å². The van der Waals surface area contributed by atoms with Crippen molar-refractivity contribution in [2.75, 3.05) is 19.6 Å². The second kappa shape index (κ2) is 4.02. The van der Waals surface area contributed by atoms with Crippen molar-refractivity contribution in [1.82, 2.24) is 14.7 Å². The summed E-state index contributed by atoms with van der Waals surface area (Å²) in [5, 5.41) is 4.23. The fourth-order valence-electron chi connectivity index (χ4n) is 2.96. The maximum absolute atomic E-state index is 13.2. The summed E-state index contributed by atoms with van der Waals surface area (Å²) >= 11 is 0. The first-order valence-electron chi connectivity index (χ1n) is 6.60. The van der Waals surface area contributed by atoms with Crippen LogP contribution in [0.15, 0.2) is 12.4 Å². The van der Waals surface area contributed by atoms with E-state index in [1.165, 1.54) is 0 Å². The van der Waals surface area contributed by atoms with Crippen LogP contribution in [0.1, 0.15) is 24.8 Å². The lowest BCUT2D eigenvalue weighted by molar-refractivity contribution is 0.0307. The zero-order valence-electron chi connectivity index (χ0n) is 10.7. The normalized spacial score (nSPS) is 25.5. The van der Waals surface area contributed by atoms with Crippen LogP contribution in [-0.4, -0.2) is 40.2 Å². The molecule has 5 heteroatoms. The summed E-state index contributed by atoms with van der Waals surface area (Å²) in [6.45, 7) is 5.37. The summed E-state index contributed by atoms with van der Waals surface area (Å²) in [7, 11) is 0. The maximum atomic E-state index is 13.2. The molecule has 3 rings (SSSR count). The molecule has 0 aromatic carbocycles. The second-order valence-electron chi connectivity index (χ2n) is 5.78. The largest absolute Gasteiger partial charge is 0.301 e. The van der Waals surface area contributed by atoms with Gasteiger partial charge in [0.2, 0.25) is 0 Å². The van der Waals surface area contributed by atoms with E-state index in [0.29, 0.717) is 12.8 Å². The number of alkyl halides is 2. The lowest BCUT2D eigenvalue weighted by Gasteiger charge is -2.32. The Hall–Kier alpha value is -0.970. The minimum Gasteiger partial charge on any atom is -0.301 e. The quantitative estimate of drug-likeness (QED) is 0.826. The first-order valence-corrected chi connectivity index (χ1v) is 6.60. The molecule has 2 aliphatic rings. The average molecular weight is 255 g/mol. The Morgan fingerprint density at radius 3 is 2.44 bits per heavy atom. The van der Waals surface area contributed by atoms with Gasteiger partial charge in [-0.1, -0.05) is 0 Å². The highest BCUT2D eigenvalue weighted by Crippen LogP contribution is 2.65. The number of halogens is 2. The SMILES string of the molecule is Cc1cnn(CCN2CCC3(CC2)CC3(F)F)c1. The highest BCUT2D eigenvalue weighted by atomic mass is 19.3. The van der Waals surface area contributed by atoms with E-state index in [0.717, 1.165) is 31.7 Å². The average Bonchev–Trinajstić information content (AvgIpc) is 2.68. The van der Waals surface area contributed by atoms with E-state index in [1.54, 1.807) is 0 Å². The first kappa shape index (κ1) is 12.1. The van der Waals surface area contributed by atoms with E-state index in [4.69, 9.17) is 0 Å². The van der Waals surface area contributed by atoms with Gasteiger partial charge in [-0.05, 0) is 38.4 Å². The van der Waals surface area contributed by atoms with Crippen LogP contribution in [0.5, 0.6) is 0 Å². The van der Waals surface area contributed by atoms with Gasteiger partial charge in [0.05, 0.1) is 12.7 Å². The molecule has 100 valence electrons. The van der Waals surface area contributed by atoms with Gasteiger partial charge in [-0.15, -0.1) is 0 Å². The fourth-order valence-corrected chi connectivity index (χ4v) is 2.96. The van der Waals surface area contributed by atoms with E-state index in [2.05, 4.69) is 10.00 Å². The lowest BCUT2D eigenvalue weighted by Crippen LogP contribution is -2.38. The predicted molar refractivity (Wildman–Crippen MR) is 64.6 cm³/mol. The summed E-state index contributed by atoms with van der Waals surface area (Å²) in [6, 6.07) is 0. The summed E-state index contributed by atoms with van der Waals surface area (Å²) in [6.07, 6.45) is 5.28. The van der Waals surface area contributed by atoms with Crippen LogP contribution in [-0.2, 0) is 6.54 Å². The Labute approximate surface area is 106 Å². The Kier molecular flexibility index (Phi) is 2.70. The molecule has 1 aromatic heterocycles. The molecule has 0 radical (unpaired) electrons. The number of hydrogen-bond acceptors (Lipinski definition) is 2. The van der Waals surface area contributed by atoms with Gasteiger partial charge in [0.25, 0.3) is 5.92 Å². The van der Waals surface area contributed by atoms with Crippen LogP contribution in [0.2, 0.25) is 0 Å². The van der Waals surface area contributed by atoms with Crippen LogP contribution in [0.3, 0.4) is 0 Å². The van der Waals surface area contributed by atoms with Crippen molar-refractivity contribution in [3.05, 3.63) is 18.0 Å². The molecule has 1 aliphatic heterocycles. The molecular formula is C13H19F2N3. The molecule has 0 bridgehead atoms. The van der Waals surface area contributed by atoms with Crippen molar-refractivity contribution in [3.8, 4) is 0 Å². The lowest BCUT2D eigenvalue weighted by atomic mass is 9.93. The number of hydrogen-bond donors (Lipinski definition) is 0. The van der Waals surface area contributed by atoms with Crippen LogP contribution in [0.25, 0.3) is 0 Å². The van der Waals surface area contributed by atoms with E-state index >= 15 is 0 Å². The number of aromatic nitrogens is 2. The number of nitrogens with zero attached hydrogens (tertiary/aromatic N) is 3. The van der Waals surface area contributed by atoms with Gasteiger partial charge >= 0.3 is 0 Å². The van der Waals surface area contributed by atoms with Gasteiger partial charge in [0, 0.05) is 24.6 Å². The predicted octanol–water partition coefficient (Wildman–Crippen LogP) is 2.31. The molecule has 3 nitrogen and oxygen atoms in total. The topological polar surface area (TPSA) is 21.1 Å². The van der Waals surface area contributed by atoms with Crippen LogP contribution in [0, 0.1) is 12.3 Å². The molecule has 0 N–H and O–H groups in total.